The Morgan fingerprint density at radius 3 is 2.44 bits per heavy atom. The molecule has 3 N–H and O–H groups in total. The molecule has 2 saturated heterocycles. The van der Waals surface area contributed by atoms with Crippen LogP contribution in [0.2, 0.25) is 0 Å². The number of halogens is 1. The average molecular weight is 394 g/mol. The Morgan fingerprint density at radius 1 is 1.15 bits per heavy atom. The molecule has 146 valence electrons. The van der Waals surface area contributed by atoms with E-state index >= 15 is 0 Å². The summed E-state index contributed by atoms with van der Waals surface area (Å²) in [5, 5.41) is 2.49. The maximum absolute atomic E-state index is 12.2. The topological polar surface area (TPSA) is 108 Å². The molecule has 0 bridgehead atoms. The molecule has 3 heterocycles. The largest absolute Gasteiger partial charge is 0.460 e. The molecule has 1 aromatic heterocycles. The highest BCUT2D eigenvalue weighted by Gasteiger charge is 2.41. The second-order valence-electron chi connectivity index (χ2n) is 6.97. The van der Waals surface area contributed by atoms with Crippen molar-refractivity contribution >= 4 is 24.0 Å². The van der Waals surface area contributed by atoms with E-state index in [0.717, 1.165) is 37.3 Å². The van der Waals surface area contributed by atoms with Crippen LogP contribution in [0.15, 0.2) is 33.6 Å². The Kier molecular flexibility index (Phi) is 5.86. The second-order valence-corrected chi connectivity index (χ2v) is 6.97. The lowest BCUT2D eigenvalue weighted by Gasteiger charge is -2.36. The first-order valence-electron chi connectivity index (χ1n) is 9.09. The van der Waals surface area contributed by atoms with Gasteiger partial charge in [0.15, 0.2) is 5.82 Å². The molecular formula is C18H24ClN5O3. The maximum atomic E-state index is 12.2. The fourth-order valence-corrected chi connectivity index (χ4v) is 4.20. The molecule has 0 saturated carbocycles. The fourth-order valence-electron chi connectivity index (χ4n) is 4.20. The van der Waals surface area contributed by atoms with E-state index in [4.69, 9.17) is 5.73 Å². The third-order valence-electron chi connectivity index (χ3n) is 5.43. The number of carbonyl (C=O) groups excluding carboxylic acids is 1. The van der Waals surface area contributed by atoms with Crippen molar-refractivity contribution in [2.45, 2.75) is 37.8 Å². The summed E-state index contributed by atoms with van der Waals surface area (Å²) in [6, 6.07) is 7.43. The predicted octanol–water partition coefficient (Wildman–Crippen LogP) is 1.37. The first kappa shape index (κ1) is 19.4. The third-order valence-corrected chi connectivity index (χ3v) is 5.43. The summed E-state index contributed by atoms with van der Waals surface area (Å²) in [7, 11) is 0. The summed E-state index contributed by atoms with van der Waals surface area (Å²) in [6.07, 6.45) is 4.57. The van der Waals surface area contributed by atoms with Crippen molar-refractivity contribution in [1.82, 2.24) is 15.0 Å². The van der Waals surface area contributed by atoms with Crippen LogP contribution in [0.3, 0.4) is 0 Å². The molecule has 0 spiro atoms. The SMILES string of the molecule is Cl.NC(=O)[C@@H]1[C@H](N2CCCCC2)CCN1c1ccc(-c2nc(=O)o[nH]2)cc1. The Morgan fingerprint density at radius 2 is 1.85 bits per heavy atom. The maximum Gasteiger partial charge on any atom is 0.460 e. The van der Waals surface area contributed by atoms with E-state index in [1.165, 1.54) is 19.3 Å². The van der Waals surface area contributed by atoms with Gasteiger partial charge in [0.2, 0.25) is 5.91 Å². The minimum Gasteiger partial charge on any atom is -0.368 e. The zero-order valence-corrected chi connectivity index (χ0v) is 15.8. The van der Waals surface area contributed by atoms with Crippen molar-refractivity contribution in [2.75, 3.05) is 24.5 Å². The lowest BCUT2D eigenvalue weighted by Crippen LogP contribution is -2.53. The molecule has 27 heavy (non-hydrogen) atoms. The smallest absolute Gasteiger partial charge is 0.368 e. The van der Waals surface area contributed by atoms with Crippen LogP contribution in [0.25, 0.3) is 11.4 Å². The minimum atomic E-state index is -0.651. The predicted molar refractivity (Wildman–Crippen MR) is 104 cm³/mol. The number of rotatable bonds is 4. The number of carbonyl (C=O) groups is 1. The molecule has 2 atom stereocenters. The number of benzene rings is 1. The molecule has 0 radical (unpaired) electrons. The molecule has 0 aliphatic carbocycles. The van der Waals surface area contributed by atoms with E-state index in [0.29, 0.717) is 5.82 Å². The summed E-state index contributed by atoms with van der Waals surface area (Å²) in [4.78, 5) is 31.6. The highest BCUT2D eigenvalue weighted by molar-refractivity contribution is 5.86. The number of aromatic amines is 1. The van der Waals surface area contributed by atoms with Crippen molar-refractivity contribution in [1.29, 1.82) is 0 Å². The highest BCUT2D eigenvalue weighted by Crippen LogP contribution is 2.31. The molecule has 9 heteroatoms. The third kappa shape index (κ3) is 3.86. The monoisotopic (exact) mass is 393 g/mol. The number of hydrogen-bond acceptors (Lipinski definition) is 6. The molecule has 1 amide bonds. The number of hydrogen-bond donors (Lipinski definition) is 2. The molecular weight excluding hydrogens is 370 g/mol. The van der Waals surface area contributed by atoms with E-state index in [1.807, 2.05) is 24.3 Å². The number of anilines is 1. The Bertz CT molecular complexity index is 828. The van der Waals surface area contributed by atoms with Gasteiger partial charge in [-0.2, -0.15) is 10.1 Å². The number of nitrogens with zero attached hydrogens (tertiary/aromatic N) is 3. The van der Waals surface area contributed by atoms with Gasteiger partial charge in [0.05, 0.1) is 0 Å². The summed E-state index contributed by atoms with van der Waals surface area (Å²) in [5.74, 6) is -0.537. The quantitative estimate of drug-likeness (QED) is 0.812. The number of piperidine rings is 1. The van der Waals surface area contributed by atoms with Gasteiger partial charge in [-0.1, -0.05) is 6.42 Å². The lowest BCUT2D eigenvalue weighted by molar-refractivity contribution is -0.120. The van der Waals surface area contributed by atoms with Gasteiger partial charge < -0.3 is 15.2 Å². The molecule has 2 aromatic rings. The summed E-state index contributed by atoms with van der Waals surface area (Å²) >= 11 is 0. The van der Waals surface area contributed by atoms with Crippen molar-refractivity contribution in [3.8, 4) is 11.4 Å². The molecule has 8 nitrogen and oxygen atoms in total. The van der Waals surface area contributed by atoms with Crippen LogP contribution in [0.4, 0.5) is 5.69 Å². The molecule has 1 aromatic carbocycles. The summed E-state index contributed by atoms with van der Waals surface area (Å²) < 4.78 is 4.61. The van der Waals surface area contributed by atoms with Gasteiger partial charge in [-0.15, -0.1) is 12.4 Å². The van der Waals surface area contributed by atoms with Gasteiger partial charge >= 0.3 is 5.76 Å². The van der Waals surface area contributed by atoms with Gasteiger partial charge in [-0.05, 0) is 56.6 Å². The lowest BCUT2D eigenvalue weighted by atomic mass is 10.0. The number of aromatic nitrogens is 2. The molecule has 2 aliphatic rings. The first-order valence-corrected chi connectivity index (χ1v) is 9.09. The number of likely N-dealkylation sites (tertiary alicyclic amines) is 1. The Labute approximate surface area is 163 Å². The van der Waals surface area contributed by atoms with E-state index in [1.54, 1.807) is 0 Å². The van der Waals surface area contributed by atoms with Gasteiger partial charge in [0, 0.05) is 23.8 Å². The zero-order valence-electron chi connectivity index (χ0n) is 15.0. The normalized spacial score (nSPS) is 23.2. The first-order chi connectivity index (χ1) is 12.6. The van der Waals surface area contributed by atoms with Crippen molar-refractivity contribution in [3.63, 3.8) is 0 Å². The van der Waals surface area contributed by atoms with Crippen molar-refractivity contribution < 1.29 is 9.32 Å². The molecule has 2 aliphatic heterocycles. The second kappa shape index (κ2) is 8.14. The number of amides is 1. The summed E-state index contributed by atoms with van der Waals surface area (Å²) in [5.41, 5.74) is 7.48. The fraction of sp³-hybridized carbons (Fsp3) is 0.500. The van der Waals surface area contributed by atoms with Gasteiger partial charge in [0.1, 0.15) is 6.04 Å². The number of nitrogens with two attached hydrogens (primary N) is 1. The Balaban J connectivity index is 0.00000210. The van der Waals surface area contributed by atoms with Crippen LogP contribution in [0.1, 0.15) is 25.7 Å². The molecule has 0 unspecified atom stereocenters. The van der Waals surface area contributed by atoms with E-state index in [-0.39, 0.29) is 30.4 Å². The van der Waals surface area contributed by atoms with Crippen LogP contribution >= 0.6 is 12.4 Å². The molecule has 2 fully saturated rings. The highest BCUT2D eigenvalue weighted by atomic mass is 35.5. The van der Waals surface area contributed by atoms with Crippen LogP contribution in [0.5, 0.6) is 0 Å². The van der Waals surface area contributed by atoms with Crippen LogP contribution in [-0.2, 0) is 4.79 Å². The minimum absolute atomic E-state index is 0. The van der Waals surface area contributed by atoms with Crippen molar-refractivity contribution in [3.05, 3.63) is 34.8 Å². The van der Waals surface area contributed by atoms with Crippen molar-refractivity contribution in [2.24, 2.45) is 5.73 Å². The zero-order chi connectivity index (χ0) is 18.1. The molecule has 4 rings (SSSR count). The number of H-pyrrole nitrogens is 1. The standard InChI is InChI=1S/C18H23N5O3.ClH/c19-16(24)15-14(22-9-2-1-3-10-22)8-11-23(15)13-6-4-12(5-7-13)17-20-18(25)26-21-17;/h4-7,14-15H,1-3,8-11H2,(H2,19,24)(H,20,21,25);1H/t14-,15+;/m1./s1. The number of nitrogens with one attached hydrogen (secondary N) is 1. The number of primary amides is 1. The van der Waals surface area contributed by atoms with Gasteiger partial charge in [-0.3, -0.25) is 9.69 Å². The van der Waals surface area contributed by atoms with Crippen LogP contribution < -0.4 is 16.4 Å². The van der Waals surface area contributed by atoms with Gasteiger partial charge in [-0.25, -0.2) is 4.79 Å². The Hall–Kier alpha value is -2.32. The van der Waals surface area contributed by atoms with E-state index < -0.39 is 5.76 Å². The van der Waals surface area contributed by atoms with Crippen LogP contribution in [-0.4, -0.2) is 52.7 Å². The van der Waals surface area contributed by atoms with Gasteiger partial charge in [0.25, 0.3) is 0 Å². The van der Waals surface area contributed by atoms with Crippen LogP contribution in [0, 0.1) is 0 Å². The summed E-state index contributed by atoms with van der Waals surface area (Å²) in [6.45, 7) is 2.89. The van der Waals surface area contributed by atoms with E-state index in [2.05, 4.69) is 24.5 Å². The van der Waals surface area contributed by atoms with E-state index in [9.17, 15) is 9.59 Å². The average Bonchev–Trinajstić information content (AvgIpc) is 3.29.